The zero-order chi connectivity index (χ0) is 85.2. The lowest BCUT2D eigenvalue weighted by molar-refractivity contribution is 0.590. The van der Waals surface area contributed by atoms with Crippen LogP contribution in [0, 0.1) is 0 Å². The minimum Gasteiger partial charge on any atom is -0.310 e. The molecular formula is C122H91BN4. The highest BCUT2D eigenvalue weighted by Crippen LogP contribution is 2.56. The summed E-state index contributed by atoms with van der Waals surface area (Å²) in [5.74, 6) is 0. The molecule has 0 unspecified atom stereocenters. The van der Waals surface area contributed by atoms with Crippen molar-refractivity contribution in [3.63, 3.8) is 0 Å². The normalized spacial score (nSPS) is 12.4. The second kappa shape index (κ2) is 30.7. The van der Waals surface area contributed by atoms with E-state index in [0.29, 0.717) is 0 Å². The highest BCUT2D eigenvalue weighted by atomic mass is 15.2. The highest BCUT2D eigenvalue weighted by Gasteiger charge is 2.47. The van der Waals surface area contributed by atoms with Crippen LogP contribution in [-0.4, -0.2) is 15.8 Å². The van der Waals surface area contributed by atoms with E-state index in [-0.39, 0.29) is 12.1 Å². The van der Waals surface area contributed by atoms with Gasteiger partial charge in [0.2, 0.25) is 0 Å². The second-order valence-corrected chi connectivity index (χ2v) is 36.3. The van der Waals surface area contributed by atoms with E-state index < -0.39 is 5.41 Å². The first-order chi connectivity index (χ1) is 62.3. The smallest absolute Gasteiger partial charge is 0.252 e. The molecule has 0 spiro atoms. The van der Waals surface area contributed by atoms with Crippen molar-refractivity contribution in [1.82, 2.24) is 9.13 Å². The van der Waals surface area contributed by atoms with Crippen molar-refractivity contribution in [3.8, 4) is 123 Å². The van der Waals surface area contributed by atoms with E-state index in [2.05, 4.69) is 503 Å². The van der Waals surface area contributed by atoms with Crippen molar-refractivity contribution >= 4 is 101 Å². The SMILES string of the molecule is CC(C)(C)c1cc(-c2ccccc2)c(N2c3cc(-n4c5ccccc5c5cc(-c6ccccc6)ccc54)ccc3B3c4ccc(-n5c6ccccc6c6cc(-c7ccccc7)ccc65)cc4N(c4c(-c5ccccc5)cccc4-c4cccc(-c5cccc(-c6ccccc6)c5)c4)c4cc(C(C)(C)C)cc2c43)c(-c2cccc(-c3cccc(-c4ccccc4)c3)c2)c1. The standard InChI is InChI=1S/C122H91BN4/c1-121(2,3)96-74-104(85-44-23-12-24-45-85)120(105(75-96)95-53-32-51-91(71-95)89-49-30-47-87(69-89)81-36-15-8-16-37-81)127-115-79-99(125-111-59-28-26-55-103(111)107-73-93(61-67-113(107)125)83-40-19-10-20-41-83)63-65-109(115)123-108-64-62-98(124-110-58-27-25-54-102(110)106-72-92(60-66-112(106)124)82-38-17-9-18-39-82)78-114(108)126(116-76-97(122(4,5)6)77-117(127)118(116)123)119-100(84-42-21-11-22-43-84)56-33-57-101(119)94-52-31-50-90(70-94)88-48-29-46-86(68-88)80-34-13-7-14-35-80/h7-79H,1-6H3. The molecule has 4 heterocycles. The summed E-state index contributed by atoms with van der Waals surface area (Å²) in [5.41, 5.74) is 41.7. The number of hydrogen-bond donors (Lipinski definition) is 0. The molecule has 2 aliphatic heterocycles. The Morgan fingerprint density at radius 2 is 0.472 bits per heavy atom. The number of fused-ring (bicyclic) bond motifs is 10. The summed E-state index contributed by atoms with van der Waals surface area (Å²) in [4.78, 5) is 5.49. The molecule has 0 radical (unpaired) electrons. The van der Waals surface area contributed by atoms with Crippen LogP contribution in [0.25, 0.3) is 166 Å². The number of anilines is 6. The third-order valence-corrected chi connectivity index (χ3v) is 26.6. The van der Waals surface area contributed by atoms with Crippen molar-refractivity contribution < 1.29 is 0 Å². The fraction of sp³-hybridized carbons (Fsp3) is 0.0656. The summed E-state index contributed by atoms with van der Waals surface area (Å²) in [7, 11) is 0. The summed E-state index contributed by atoms with van der Waals surface area (Å²) in [6, 6.07) is 167. The molecule has 0 fully saturated rings. The topological polar surface area (TPSA) is 16.3 Å². The van der Waals surface area contributed by atoms with Gasteiger partial charge >= 0.3 is 0 Å². The van der Waals surface area contributed by atoms with Crippen molar-refractivity contribution in [2.75, 3.05) is 9.80 Å². The maximum absolute atomic E-state index is 2.76. The van der Waals surface area contributed by atoms with E-state index in [9.17, 15) is 0 Å². The van der Waals surface area contributed by atoms with E-state index in [0.717, 1.165) is 134 Å². The summed E-state index contributed by atoms with van der Waals surface area (Å²) in [5, 5.41) is 4.80. The minimum absolute atomic E-state index is 0.276. The molecule has 127 heavy (non-hydrogen) atoms. The second-order valence-electron chi connectivity index (χ2n) is 36.3. The molecule has 0 bridgehead atoms. The Kier molecular flexibility index (Phi) is 18.5. The third-order valence-electron chi connectivity index (χ3n) is 26.6. The average molecular weight is 1620 g/mol. The van der Waals surface area contributed by atoms with Crippen LogP contribution < -0.4 is 26.2 Å². The Morgan fingerprint density at radius 3 is 0.874 bits per heavy atom. The number of hydrogen-bond acceptors (Lipinski definition) is 2. The van der Waals surface area contributed by atoms with Crippen molar-refractivity contribution in [3.05, 3.63) is 454 Å². The maximum Gasteiger partial charge on any atom is 0.252 e. The lowest BCUT2D eigenvalue weighted by Crippen LogP contribution is -2.61. The average Bonchev–Trinajstić information content (AvgIpc) is 0.956. The summed E-state index contributed by atoms with van der Waals surface area (Å²) >= 11 is 0. The quantitative estimate of drug-likeness (QED) is 0.101. The van der Waals surface area contributed by atoms with Crippen LogP contribution in [-0.2, 0) is 10.8 Å². The molecule has 2 aromatic heterocycles. The minimum atomic E-state index is -0.403. The molecule has 0 amide bonds. The number of para-hydroxylation sites is 3. The van der Waals surface area contributed by atoms with Gasteiger partial charge in [0.1, 0.15) is 0 Å². The third kappa shape index (κ3) is 13.3. The van der Waals surface area contributed by atoms with Gasteiger partial charge in [-0.1, -0.05) is 375 Å². The Balaban J connectivity index is 0.851. The lowest BCUT2D eigenvalue weighted by Gasteiger charge is -2.46. The van der Waals surface area contributed by atoms with Crippen LogP contribution in [0.1, 0.15) is 52.7 Å². The molecule has 21 aromatic rings. The largest absolute Gasteiger partial charge is 0.310 e. The van der Waals surface area contributed by atoms with E-state index in [4.69, 9.17) is 0 Å². The van der Waals surface area contributed by atoms with Crippen molar-refractivity contribution in [1.29, 1.82) is 0 Å². The van der Waals surface area contributed by atoms with Crippen LogP contribution in [0.4, 0.5) is 34.1 Å². The fourth-order valence-electron chi connectivity index (χ4n) is 20.3. The predicted octanol–water partition coefficient (Wildman–Crippen LogP) is 31.2. The first kappa shape index (κ1) is 76.3. The molecule has 0 saturated heterocycles. The van der Waals surface area contributed by atoms with Crippen LogP contribution in [0.3, 0.4) is 0 Å². The van der Waals surface area contributed by atoms with Gasteiger partial charge in [-0.05, 0) is 237 Å². The Morgan fingerprint density at radius 1 is 0.189 bits per heavy atom. The molecule has 0 aliphatic carbocycles. The van der Waals surface area contributed by atoms with Crippen LogP contribution in [0.2, 0.25) is 0 Å². The van der Waals surface area contributed by atoms with Gasteiger partial charge in [-0.25, -0.2) is 0 Å². The molecule has 19 aromatic carbocycles. The van der Waals surface area contributed by atoms with Crippen LogP contribution in [0.5, 0.6) is 0 Å². The van der Waals surface area contributed by atoms with Crippen LogP contribution >= 0.6 is 0 Å². The van der Waals surface area contributed by atoms with Crippen LogP contribution in [0.15, 0.2) is 443 Å². The number of rotatable bonds is 14. The monoisotopic (exact) mass is 1620 g/mol. The van der Waals surface area contributed by atoms with Gasteiger partial charge in [0.05, 0.1) is 33.4 Å². The lowest BCUT2D eigenvalue weighted by atomic mass is 9.33. The van der Waals surface area contributed by atoms with Gasteiger partial charge in [0.15, 0.2) is 0 Å². The van der Waals surface area contributed by atoms with Gasteiger partial charge in [-0.15, -0.1) is 0 Å². The summed E-state index contributed by atoms with van der Waals surface area (Å²) in [6.45, 7) is 14.0. The number of aromatic nitrogens is 2. The molecular weight excluding hydrogens is 1530 g/mol. The molecule has 5 heteroatoms. The van der Waals surface area contributed by atoms with E-state index in [1.54, 1.807) is 0 Å². The molecule has 0 atom stereocenters. The van der Waals surface area contributed by atoms with Gasteiger partial charge in [-0.2, -0.15) is 0 Å². The first-order valence-electron chi connectivity index (χ1n) is 44.5. The molecule has 23 rings (SSSR count). The maximum atomic E-state index is 2.76. The molecule has 2 aliphatic rings. The number of benzene rings is 19. The van der Waals surface area contributed by atoms with E-state index in [1.165, 1.54) is 93.6 Å². The Labute approximate surface area is 743 Å². The number of nitrogens with zero attached hydrogens (tertiary/aromatic N) is 4. The van der Waals surface area contributed by atoms with Crippen molar-refractivity contribution in [2.24, 2.45) is 0 Å². The molecule has 602 valence electrons. The Bertz CT molecular complexity index is 7890. The first-order valence-corrected chi connectivity index (χ1v) is 44.5. The summed E-state index contributed by atoms with van der Waals surface area (Å²) in [6.07, 6.45) is 0. The van der Waals surface area contributed by atoms with E-state index >= 15 is 0 Å². The van der Waals surface area contributed by atoms with Gasteiger partial charge in [0.25, 0.3) is 6.71 Å². The summed E-state index contributed by atoms with van der Waals surface area (Å²) < 4.78 is 5.06. The highest BCUT2D eigenvalue weighted by molar-refractivity contribution is 7.00. The molecule has 0 N–H and O–H groups in total. The molecule has 4 nitrogen and oxygen atoms in total. The van der Waals surface area contributed by atoms with Gasteiger partial charge in [0, 0.05) is 77.9 Å². The fourth-order valence-corrected chi connectivity index (χ4v) is 20.3. The van der Waals surface area contributed by atoms with Gasteiger partial charge < -0.3 is 18.9 Å². The Hall–Kier alpha value is -15.6. The zero-order valence-corrected chi connectivity index (χ0v) is 72.0. The van der Waals surface area contributed by atoms with Crippen molar-refractivity contribution in [2.45, 2.75) is 52.4 Å². The van der Waals surface area contributed by atoms with E-state index in [1.807, 2.05) is 0 Å². The zero-order valence-electron chi connectivity index (χ0n) is 72.0. The molecule has 0 saturated carbocycles. The predicted molar refractivity (Wildman–Crippen MR) is 541 cm³/mol. The van der Waals surface area contributed by atoms with Gasteiger partial charge in [-0.3, -0.25) is 0 Å².